The normalized spacial score (nSPS) is 11.8. The predicted molar refractivity (Wildman–Crippen MR) is 124 cm³/mol. The van der Waals surface area contributed by atoms with Gasteiger partial charge in [0.25, 0.3) is 17.6 Å². The van der Waals surface area contributed by atoms with E-state index in [9.17, 15) is 36.3 Å². The molecule has 0 aliphatic heterocycles. The Morgan fingerprint density at radius 3 is 2.22 bits per heavy atom. The highest BCUT2D eigenvalue weighted by Crippen LogP contribution is 2.33. The first-order valence-corrected chi connectivity index (χ1v) is 10.9. The molecule has 196 valence electrons. The van der Waals surface area contributed by atoms with Gasteiger partial charge in [-0.15, -0.1) is 0 Å². The summed E-state index contributed by atoms with van der Waals surface area (Å²) in [6, 6.07) is 4.54. The lowest BCUT2D eigenvalue weighted by atomic mass is 9.98. The number of carbonyl (C=O) groups excluding carboxylic acids is 3. The van der Waals surface area contributed by atoms with Crippen molar-refractivity contribution in [3.63, 3.8) is 0 Å². The second-order valence-corrected chi connectivity index (χ2v) is 8.91. The molecule has 2 N–H and O–H groups in total. The van der Waals surface area contributed by atoms with Crippen molar-refractivity contribution in [2.75, 3.05) is 5.32 Å². The van der Waals surface area contributed by atoms with Gasteiger partial charge in [0.05, 0.1) is 28.6 Å². The number of hydrogen-bond acceptors (Lipinski definition) is 4. The van der Waals surface area contributed by atoms with Crippen molar-refractivity contribution in [3.8, 4) is 0 Å². The molecule has 1 aromatic carbocycles. The van der Waals surface area contributed by atoms with Gasteiger partial charge in [-0.05, 0) is 63.6 Å². The number of aromatic nitrogens is 2. The molecule has 0 aliphatic carbocycles. The van der Waals surface area contributed by atoms with E-state index in [0.29, 0.717) is 17.8 Å². The number of carbonyl (C=O) groups is 3. The number of Topliss-reactive ketones (excluding diaryl/α,β-unsaturated/α-hetero) is 1. The number of rotatable bonds is 6. The van der Waals surface area contributed by atoms with E-state index in [-0.39, 0.29) is 28.2 Å². The monoisotopic (exact) mass is 522 g/mol. The Morgan fingerprint density at radius 1 is 1.00 bits per heavy atom. The molecule has 0 atom stereocenters. The van der Waals surface area contributed by atoms with Crippen molar-refractivity contribution in [1.82, 2.24) is 14.9 Å². The number of nitrogens with zero attached hydrogens (tertiary/aromatic N) is 2. The zero-order valence-corrected chi connectivity index (χ0v) is 20.5. The van der Waals surface area contributed by atoms with Crippen LogP contribution in [0.15, 0.2) is 36.5 Å². The van der Waals surface area contributed by atoms with E-state index in [2.05, 4.69) is 15.6 Å². The molecule has 2 aromatic heterocycles. The lowest BCUT2D eigenvalue weighted by Crippen LogP contribution is -2.45. The summed E-state index contributed by atoms with van der Waals surface area (Å²) in [4.78, 5) is 42.8. The minimum atomic E-state index is -4.97. The van der Waals surface area contributed by atoms with Gasteiger partial charge in [0.15, 0.2) is 0 Å². The first kappa shape index (κ1) is 27.5. The number of alkyl halides is 3. The second kappa shape index (κ2) is 9.75. The molecule has 0 unspecified atom stereocenters. The van der Waals surface area contributed by atoms with E-state index in [4.69, 9.17) is 0 Å². The highest BCUT2D eigenvalue weighted by Gasteiger charge is 2.35. The maximum Gasteiger partial charge on any atom is 0.419 e. The molecule has 0 bridgehead atoms. The summed E-state index contributed by atoms with van der Waals surface area (Å²) in [6.07, 6.45) is -3.99. The van der Waals surface area contributed by atoms with E-state index in [1.165, 1.54) is 31.5 Å². The summed E-state index contributed by atoms with van der Waals surface area (Å²) in [5.74, 6) is -4.89. The number of amides is 2. The lowest BCUT2D eigenvalue weighted by Gasteiger charge is -2.25. The Morgan fingerprint density at radius 2 is 1.65 bits per heavy atom. The Bertz CT molecular complexity index is 1390. The van der Waals surface area contributed by atoms with Crippen LogP contribution in [0.4, 0.5) is 27.6 Å². The van der Waals surface area contributed by atoms with Crippen LogP contribution in [-0.4, -0.2) is 27.1 Å². The minimum absolute atomic E-state index is 0.0666. The number of benzene rings is 1. The van der Waals surface area contributed by atoms with Gasteiger partial charge in [-0.1, -0.05) is 0 Å². The largest absolute Gasteiger partial charge is 0.419 e. The molecule has 37 heavy (non-hydrogen) atoms. The van der Waals surface area contributed by atoms with E-state index in [0.717, 1.165) is 18.3 Å². The molecular weight excluding hydrogens is 499 g/mol. The zero-order chi connectivity index (χ0) is 27.9. The smallest absolute Gasteiger partial charge is 0.343 e. The lowest BCUT2D eigenvalue weighted by molar-refractivity contribution is -0.140. The molecule has 0 aliphatic rings. The van der Waals surface area contributed by atoms with Gasteiger partial charge in [0.2, 0.25) is 0 Å². The van der Waals surface area contributed by atoms with Crippen LogP contribution < -0.4 is 10.6 Å². The second-order valence-electron chi connectivity index (χ2n) is 8.91. The Kier molecular flexibility index (Phi) is 7.25. The van der Waals surface area contributed by atoms with Crippen molar-refractivity contribution in [1.29, 1.82) is 0 Å². The zero-order valence-electron chi connectivity index (χ0n) is 20.5. The summed E-state index contributed by atoms with van der Waals surface area (Å²) in [5.41, 5.74) is -2.46. The van der Waals surface area contributed by atoms with Crippen LogP contribution in [0.25, 0.3) is 0 Å². The molecule has 0 fully saturated rings. The summed E-state index contributed by atoms with van der Waals surface area (Å²) >= 11 is 0. The topological polar surface area (TPSA) is 93.1 Å². The number of hydrogen-bond donors (Lipinski definition) is 2. The van der Waals surface area contributed by atoms with E-state index >= 15 is 0 Å². The third-order valence-corrected chi connectivity index (χ3v) is 5.90. The number of ketones is 1. The first-order valence-electron chi connectivity index (χ1n) is 10.9. The fraction of sp³-hybridized carbons (Fsp3) is 0.280. The van der Waals surface area contributed by atoms with Crippen LogP contribution in [0.2, 0.25) is 0 Å². The van der Waals surface area contributed by atoms with Gasteiger partial charge in [-0.25, -0.2) is 8.78 Å². The van der Waals surface area contributed by atoms with E-state index in [1.54, 1.807) is 13.8 Å². The Balaban J connectivity index is 1.88. The van der Waals surface area contributed by atoms with Crippen LogP contribution >= 0.6 is 0 Å². The predicted octanol–water partition coefficient (Wildman–Crippen LogP) is 4.82. The number of pyridine rings is 1. The molecule has 3 aromatic rings. The van der Waals surface area contributed by atoms with Crippen LogP contribution in [0.1, 0.15) is 57.2 Å². The van der Waals surface area contributed by atoms with Crippen molar-refractivity contribution in [2.45, 2.75) is 39.4 Å². The molecule has 0 saturated heterocycles. The third-order valence-electron chi connectivity index (χ3n) is 5.90. The summed E-state index contributed by atoms with van der Waals surface area (Å²) in [6.45, 7) is 6.05. The molecule has 12 heteroatoms. The van der Waals surface area contributed by atoms with Gasteiger partial charge in [0, 0.05) is 18.4 Å². The highest BCUT2D eigenvalue weighted by molar-refractivity contribution is 6.43. The number of anilines is 1. The van der Waals surface area contributed by atoms with E-state index < -0.39 is 46.5 Å². The quantitative estimate of drug-likeness (QED) is 0.276. The Hall–Kier alpha value is -4.09. The van der Waals surface area contributed by atoms with Crippen LogP contribution in [0.5, 0.6) is 0 Å². The third kappa shape index (κ3) is 5.52. The summed E-state index contributed by atoms with van der Waals surface area (Å²) in [5, 5.41) is 4.82. The van der Waals surface area contributed by atoms with Gasteiger partial charge in [0.1, 0.15) is 17.3 Å². The molecule has 3 rings (SSSR count). The van der Waals surface area contributed by atoms with Crippen LogP contribution in [-0.2, 0) is 23.6 Å². The van der Waals surface area contributed by atoms with Crippen LogP contribution in [0, 0.1) is 25.5 Å². The maximum absolute atomic E-state index is 13.6. The summed E-state index contributed by atoms with van der Waals surface area (Å²) in [7, 11) is 1.45. The van der Waals surface area contributed by atoms with Gasteiger partial charge >= 0.3 is 6.18 Å². The van der Waals surface area contributed by atoms with Crippen LogP contribution in [0.3, 0.4) is 0 Å². The number of nitrogens with one attached hydrogen (secondary N) is 2. The fourth-order valence-electron chi connectivity index (χ4n) is 3.91. The van der Waals surface area contributed by atoms with Gasteiger partial charge < -0.3 is 15.2 Å². The average Bonchev–Trinajstić information content (AvgIpc) is 3.01. The molecular formula is C25H23F5N4O3. The molecule has 2 heterocycles. The standard InChI is InChI=1S/C25H23F5N4O3/c1-12-19(21(35)23(37)33-24(3,4)18-9-6-14(26)11-31-18)13(2)34(5)20(12)22(36)32-15-7-8-17(27)16(10-15)25(28,29)30/h6-11H,1-5H3,(H,32,36)(H,33,37). The maximum atomic E-state index is 13.6. The van der Waals surface area contributed by atoms with Crippen molar-refractivity contribution < 1.29 is 36.3 Å². The van der Waals surface area contributed by atoms with Crippen molar-refractivity contribution >= 4 is 23.3 Å². The minimum Gasteiger partial charge on any atom is -0.343 e. The molecule has 0 saturated carbocycles. The highest BCUT2D eigenvalue weighted by atomic mass is 19.4. The van der Waals surface area contributed by atoms with Gasteiger partial charge in [-0.3, -0.25) is 19.4 Å². The number of halogens is 5. The average molecular weight is 522 g/mol. The first-order chi connectivity index (χ1) is 17.0. The molecule has 0 radical (unpaired) electrons. The SMILES string of the molecule is Cc1c(C(=O)C(=O)NC(C)(C)c2ccc(F)cn2)c(C)n(C)c1C(=O)Nc1ccc(F)c(C(F)(F)F)c1. The van der Waals surface area contributed by atoms with Crippen molar-refractivity contribution in [2.24, 2.45) is 7.05 Å². The summed E-state index contributed by atoms with van der Waals surface area (Å²) < 4.78 is 67.2. The van der Waals surface area contributed by atoms with E-state index in [1.807, 2.05) is 0 Å². The molecule has 2 amide bonds. The molecule has 0 spiro atoms. The fourth-order valence-corrected chi connectivity index (χ4v) is 3.91. The van der Waals surface area contributed by atoms with Gasteiger partial charge in [-0.2, -0.15) is 13.2 Å². The molecule has 7 nitrogen and oxygen atoms in total. The Labute approximate surface area is 208 Å². The van der Waals surface area contributed by atoms with Crippen molar-refractivity contribution in [3.05, 3.63) is 81.9 Å².